The van der Waals surface area contributed by atoms with E-state index >= 15 is 0 Å². The summed E-state index contributed by atoms with van der Waals surface area (Å²) in [5, 5.41) is 29.5. The average molecular weight is 376 g/mol. The molecule has 0 amide bonds. The fraction of sp³-hybridized carbons (Fsp3) is 0.429. The Hall–Kier alpha value is -2.44. The standard InChI is InChI=1S/C21H28O6/c1-25-19-7-5-15(11-21(19)27-3)9-17(13-23)16(12-22)8-14-4-6-18(24)20(10-14)26-2/h4-7,10-11,16-17,22-24H,8-9,12-13H2,1-3H3. The van der Waals surface area contributed by atoms with Crippen molar-refractivity contribution in [2.75, 3.05) is 34.5 Å². The fourth-order valence-electron chi connectivity index (χ4n) is 3.22. The number of hydrogen-bond acceptors (Lipinski definition) is 6. The van der Waals surface area contributed by atoms with Crippen LogP contribution in [0.3, 0.4) is 0 Å². The molecule has 27 heavy (non-hydrogen) atoms. The SMILES string of the molecule is COc1cc(CC(CO)C(CO)Cc2ccc(OC)c(OC)c2)ccc1O. The van der Waals surface area contributed by atoms with Crippen LogP contribution >= 0.6 is 0 Å². The molecule has 0 radical (unpaired) electrons. The normalized spacial score (nSPS) is 13.1. The zero-order valence-electron chi connectivity index (χ0n) is 16.0. The zero-order chi connectivity index (χ0) is 19.8. The van der Waals surface area contributed by atoms with Gasteiger partial charge in [0.2, 0.25) is 0 Å². The third-order valence-corrected chi connectivity index (χ3v) is 4.82. The van der Waals surface area contributed by atoms with Crippen LogP contribution in [0.4, 0.5) is 0 Å². The van der Waals surface area contributed by atoms with Gasteiger partial charge >= 0.3 is 0 Å². The van der Waals surface area contributed by atoms with E-state index in [9.17, 15) is 15.3 Å². The Kier molecular flexibility index (Phi) is 7.76. The molecular formula is C21H28O6. The predicted octanol–water partition coefficient (Wildman–Crippen LogP) is 2.42. The fourth-order valence-corrected chi connectivity index (χ4v) is 3.22. The van der Waals surface area contributed by atoms with Gasteiger partial charge in [0.1, 0.15) is 0 Å². The van der Waals surface area contributed by atoms with Crippen LogP contribution in [0.1, 0.15) is 11.1 Å². The van der Waals surface area contributed by atoms with E-state index in [0.29, 0.717) is 30.1 Å². The predicted molar refractivity (Wildman–Crippen MR) is 103 cm³/mol. The van der Waals surface area contributed by atoms with Gasteiger partial charge in [-0.25, -0.2) is 0 Å². The van der Waals surface area contributed by atoms with E-state index < -0.39 is 0 Å². The van der Waals surface area contributed by atoms with Gasteiger partial charge in [0, 0.05) is 13.2 Å². The summed E-state index contributed by atoms with van der Waals surface area (Å²) in [6.45, 7) is -0.101. The van der Waals surface area contributed by atoms with Crippen molar-refractivity contribution in [2.24, 2.45) is 11.8 Å². The van der Waals surface area contributed by atoms with E-state index in [1.807, 2.05) is 18.2 Å². The quantitative estimate of drug-likeness (QED) is 0.590. The average Bonchev–Trinajstić information content (AvgIpc) is 2.71. The summed E-state index contributed by atoms with van der Waals surface area (Å²) >= 11 is 0. The van der Waals surface area contributed by atoms with Gasteiger partial charge in [0.05, 0.1) is 21.3 Å². The minimum atomic E-state index is -0.141. The van der Waals surface area contributed by atoms with Crippen LogP contribution < -0.4 is 14.2 Å². The zero-order valence-corrected chi connectivity index (χ0v) is 16.0. The Morgan fingerprint density at radius 3 is 1.67 bits per heavy atom. The Balaban J connectivity index is 2.16. The second kappa shape index (κ2) is 10.0. The van der Waals surface area contributed by atoms with Gasteiger partial charge in [0.25, 0.3) is 0 Å². The number of phenolic OH excluding ortho intramolecular Hbond substituents is 1. The molecule has 2 rings (SSSR count). The molecule has 2 unspecified atom stereocenters. The number of aliphatic hydroxyl groups is 2. The second-order valence-electron chi connectivity index (χ2n) is 6.49. The first kappa shape index (κ1) is 20.9. The van der Waals surface area contributed by atoms with Crippen LogP contribution in [0.25, 0.3) is 0 Å². The lowest BCUT2D eigenvalue weighted by molar-refractivity contribution is 0.119. The maximum atomic E-state index is 9.91. The molecule has 3 N–H and O–H groups in total. The van der Waals surface area contributed by atoms with Crippen molar-refractivity contribution in [2.45, 2.75) is 12.8 Å². The molecule has 0 aromatic heterocycles. The molecular weight excluding hydrogens is 348 g/mol. The lowest BCUT2D eigenvalue weighted by atomic mass is 9.83. The van der Waals surface area contributed by atoms with Crippen molar-refractivity contribution >= 4 is 0 Å². The van der Waals surface area contributed by atoms with Crippen LogP contribution in [0.5, 0.6) is 23.0 Å². The molecule has 148 valence electrons. The smallest absolute Gasteiger partial charge is 0.160 e. The molecule has 2 aromatic rings. The molecule has 0 aliphatic rings. The van der Waals surface area contributed by atoms with Crippen molar-refractivity contribution in [3.63, 3.8) is 0 Å². The van der Waals surface area contributed by atoms with Crippen LogP contribution in [0.2, 0.25) is 0 Å². The summed E-state index contributed by atoms with van der Waals surface area (Å²) < 4.78 is 15.7. The summed E-state index contributed by atoms with van der Waals surface area (Å²) in [7, 11) is 4.66. The van der Waals surface area contributed by atoms with E-state index in [-0.39, 0.29) is 30.8 Å². The molecule has 0 spiro atoms. The van der Waals surface area contributed by atoms with Crippen molar-refractivity contribution in [3.05, 3.63) is 47.5 Å². The number of methoxy groups -OCH3 is 3. The van der Waals surface area contributed by atoms with E-state index in [2.05, 4.69) is 0 Å². The summed E-state index contributed by atoms with van der Waals surface area (Å²) in [6, 6.07) is 10.8. The molecule has 2 atom stereocenters. The van der Waals surface area contributed by atoms with Crippen molar-refractivity contribution in [3.8, 4) is 23.0 Å². The number of benzene rings is 2. The van der Waals surface area contributed by atoms with Crippen molar-refractivity contribution in [1.29, 1.82) is 0 Å². The van der Waals surface area contributed by atoms with E-state index in [1.165, 1.54) is 7.11 Å². The number of aliphatic hydroxyl groups excluding tert-OH is 2. The van der Waals surface area contributed by atoms with Gasteiger partial charge in [-0.05, 0) is 60.1 Å². The molecule has 2 aromatic carbocycles. The number of ether oxygens (including phenoxy) is 3. The van der Waals surface area contributed by atoms with Gasteiger partial charge in [-0.1, -0.05) is 12.1 Å². The highest BCUT2D eigenvalue weighted by atomic mass is 16.5. The summed E-state index contributed by atoms with van der Waals surface area (Å²) in [6.07, 6.45) is 1.16. The molecule has 0 aliphatic carbocycles. The molecule has 6 heteroatoms. The lowest BCUT2D eigenvalue weighted by Gasteiger charge is -2.25. The number of aromatic hydroxyl groups is 1. The van der Waals surface area contributed by atoms with Crippen LogP contribution in [-0.2, 0) is 12.8 Å². The summed E-state index contributed by atoms with van der Waals surface area (Å²) in [4.78, 5) is 0. The van der Waals surface area contributed by atoms with Crippen LogP contribution in [0, 0.1) is 11.8 Å². The minimum absolute atomic E-state index is 0.0468. The van der Waals surface area contributed by atoms with Gasteiger partial charge in [-0.2, -0.15) is 0 Å². The van der Waals surface area contributed by atoms with E-state index in [4.69, 9.17) is 14.2 Å². The Morgan fingerprint density at radius 1 is 0.704 bits per heavy atom. The number of phenols is 1. The second-order valence-corrected chi connectivity index (χ2v) is 6.49. The van der Waals surface area contributed by atoms with Gasteiger partial charge < -0.3 is 29.5 Å². The Morgan fingerprint density at radius 2 is 1.19 bits per heavy atom. The monoisotopic (exact) mass is 376 g/mol. The maximum Gasteiger partial charge on any atom is 0.160 e. The number of rotatable bonds is 10. The Bertz CT molecular complexity index is 731. The van der Waals surface area contributed by atoms with Gasteiger partial charge in [-0.15, -0.1) is 0 Å². The minimum Gasteiger partial charge on any atom is -0.504 e. The highest BCUT2D eigenvalue weighted by Gasteiger charge is 2.22. The molecule has 0 aliphatic heterocycles. The third kappa shape index (κ3) is 5.28. The first-order valence-electron chi connectivity index (χ1n) is 8.84. The van der Waals surface area contributed by atoms with E-state index in [0.717, 1.165) is 11.1 Å². The van der Waals surface area contributed by atoms with E-state index in [1.54, 1.807) is 32.4 Å². The van der Waals surface area contributed by atoms with Crippen LogP contribution in [-0.4, -0.2) is 49.9 Å². The summed E-state index contributed by atoms with van der Waals surface area (Å²) in [5.74, 6) is 1.48. The third-order valence-electron chi connectivity index (χ3n) is 4.82. The molecule has 0 heterocycles. The maximum absolute atomic E-state index is 9.91. The molecule has 6 nitrogen and oxygen atoms in total. The molecule has 0 saturated heterocycles. The highest BCUT2D eigenvalue weighted by Crippen LogP contribution is 2.31. The highest BCUT2D eigenvalue weighted by molar-refractivity contribution is 5.43. The van der Waals surface area contributed by atoms with Gasteiger partial charge in [-0.3, -0.25) is 0 Å². The lowest BCUT2D eigenvalue weighted by Crippen LogP contribution is -2.26. The summed E-state index contributed by atoms with van der Waals surface area (Å²) in [5.41, 5.74) is 1.92. The van der Waals surface area contributed by atoms with Gasteiger partial charge in [0.15, 0.2) is 23.0 Å². The Labute approximate surface area is 159 Å². The number of hydrogen-bond donors (Lipinski definition) is 3. The van der Waals surface area contributed by atoms with Crippen molar-refractivity contribution < 1.29 is 29.5 Å². The topological polar surface area (TPSA) is 88.4 Å². The van der Waals surface area contributed by atoms with Crippen molar-refractivity contribution in [1.82, 2.24) is 0 Å². The largest absolute Gasteiger partial charge is 0.504 e. The first-order chi connectivity index (χ1) is 13.1. The van der Waals surface area contributed by atoms with Crippen LogP contribution in [0.15, 0.2) is 36.4 Å². The first-order valence-corrected chi connectivity index (χ1v) is 8.84. The molecule has 0 bridgehead atoms. The molecule has 0 saturated carbocycles. The molecule has 0 fully saturated rings.